The van der Waals surface area contributed by atoms with E-state index in [1.807, 2.05) is 31.2 Å². The summed E-state index contributed by atoms with van der Waals surface area (Å²) in [5.74, 6) is -0.822. The number of halogens is 1. The van der Waals surface area contributed by atoms with Gasteiger partial charge in [-0.15, -0.1) is 10.2 Å². The molecule has 1 amide bonds. The van der Waals surface area contributed by atoms with Crippen LogP contribution in [0.25, 0.3) is 5.76 Å². The molecule has 198 valence electrons. The zero-order valence-electron chi connectivity index (χ0n) is 20.6. The lowest BCUT2D eigenvalue weighted by molar-refractivity contribution is -0.132. The number of ketones is 1. The van der Waals surface area contributed by atoms with Crippen molar-refractivity contribution in [3.63, 3.8) is 0 Å². The fourth-order valence-corrected chi connectivity index (χ4v) is 6.30. The number of amides is 1. The number of rotatable bonds is 8. The molecule has 39 heavy (non-hydrogen) atoms. The predicted octanol–water partition coefficient (Wildman–Crippen LogP) is 6.21. The summed E-state index contributed by atoms with van der Waals surface area (Å²) in [6.45, 7) is 2.35. The van der Waals surface area contributed by atoms with Crippen LogP contribution in [-0.2, 0) is 15.3 Å². The van der Waals surface area contributed by atoms with Gasteiger partial charge < -0.3 is 14.9 Å². The van der Waals surface area contributed by atoms with Crippen LogP contribution in [0, 0.1) is 0 Å². The highest BCUT2D eigenvalue weighted by atomic mass is 35.5. The third-order valence-electron chi connectivity index (χ3n) is 6.00. The molecule has 1 atom stereocenters. The van der Waals surface area contributed by atoms with Gasteiger partial charge >= 0.3 is 5.91 Å². The minimum Gasteiger partial charge on any atom is -0.508 e. The van der Waals surface area contributed by atoms with Crippen molar-refractivity contribution in [3.05, 3.63) is 100 Å². The standard InChI is InChI=1S/C28H22ClN3O5S2/c1-2-37-20-13-9-17(10-14-20)24(34)22-23(16-7-11-19(33)12-8-16)32(26(36)25(22)35)27-30-31-28(39-27)38-15-18-5-3-4-6-21(18)29/h3-14,23,33-34H,2,15H2,1H3/b24-22-. The molecule has 1 aliphatic rings. The number of ether oxygens (including phenoxy) is 1. The van der Waals surface area contributed by atoms with Gasteiger partial charge in [0, 0.05) is 16.3 Å². The number of hydrogen-bond acceptors (Lipinski definition) is 9. The summed E-state index contributed by atoms with van der Waals surface area (Å²) in [4.78, 5) is 27.9. The van der Waals surface area contributed by atoms with Crippen LogP contribution in [0.5, 0.6) is 11.5 Å². The Morgan fingerprint density at radius 2 is 1.77 bits per heavy atom. The van der Waals surface area contributed by atoms with Crippen molar-refractivity contribution in [2.45, 2.75) is 23.1 Å². The summed E-state index contributed by atoms with van der Waals surface area (Å²) in [6.07, 6.45) is 0. The highest BCUT2D eigenvalue weighted by Crippen LogP contribution is 2.44. The van der Waals surface area contributed by atoms with E-state index in [9.17, 15) is 19.8 Å². The lowest BCUT2D eigenvalue weighted by Gasteiger charge is -2.22. The summed E-state index contributed by atoms with van der Waals surface area (Å²) in [5.41, 5.74) is 1.71. The van der Waals surface area contributed by atoms with E-state index in [2.05, 4.69) is 10.2 Å². The normalized spacial score (nSPS) is 16.6. The maximum Gasteiger partial charge on any atom is 0.301 e. The molecule has 0 radical (unpaired) electrons. The molecule has 1 aromatic heterocycles. The number of aromatic nitrogens is 2. The molecule has 3 aromatic carbocycles. The maximum atomic E-state index is 13.4. The zero-order valence-corrected chi connectivity index (χ0v) is 23.0. The average Bonchev–Trinajstić information content (AvgIpc) is 3.51. The number of aromatic hydroxyl groups is 1. The van der Waals surface area contributed by atoms with Crippen LogP contribution in [0.15, 0.2) is 82.7 Å². The van der Waals surface area contributed by atoms with E-state index in [0.29, 0.717) is 38.6 Å². The van der Waals surface area contributed by atoms with Crippen molar-refractivity contribution in [3.8, 4) is 11.5 Å². The Hall–Kier alpha value is -3.86. The van der Waals surface area contributed by atoms with Crippen molar-refractivity contribution in [1.82, 2.24) is 10.2 Å². The lowest BCUT2D eigenvalue weighted by atomic mass is 9.95. The average molecular weight is 580 g/mol. The third kappa shape index (κ3) is 5.49. The van der Waals surface area contributed by atoms with Gasteiger partial charge in [0.1, 0.15) is 17.3 Å². The number of phenolic OH excluding ortho intramolecular Hbond substituents is 1. The van der Waals surface area contributed by atoms with E-state index in [0.717, 1.165) is 16.9 Å². The van der Waals surface area contributed by atoms with Crippen LogP contribution >= 0.6 is 34.7 Å². The van der Waals surface area contributed by atoms with Gasteiger partial charge in [-0.25, -0.2) is 0 Å². The molecule has 8 nitrogen and oxygen atoms in total. The molecule has 1 saturated heterocycles. The Bertz CT molecular complexity index is 1550. The molecule has 2 N–H and O–H groups in total. The van der Waals surface area contributed by atoms with Gasteiger partial charge in [0.25, 0.3) is 5.78 Å². The van der Waals surface area contributed by atoms with Crippen LogP contribution in [0.1, 0.15) is 29.7 Å². The summed E-state index contributed by atoms with van der Waals surface area (Å²) in [7, 11) is 0. The van der Waals surface area contributed by atoms with E-state index in [1.54, 1.807) is 36.4 Å². The minimum atomic E-state index is -0.980. The molecule has 0 aliphatic carbocycles. The van der Waals surface area contributed by atoms with Crippen molar-refractivity contribution in [1.29, 1.82) is 0 Å². The van der Waals surface area contributed by atoms with Gasteiger partial charge in [-0.3, -0.25) is 14.5 Å². The van der Waals surface area contributed by atoms with E-state index >= 15 is 0 Å². The summed E-state index contributed by atoms with van der Waals surface area (Å²) < 4.78 is 6.05. The Morgan fingerprint density at radius 3 is 2.46 bits per heavy atom. The zero-order chi connectivity index (χ0) is 27.5. The number of aliphatic hydroxyl groups is 1. The Morgan fingerprint density at radius 1 is 1.05 bits per heavy atom. The van der Waals surface area contributed by atoms with Crippen molar-refractivity contribution in [2.24, 2.45) is 0 Å². The molecule has 1 unspecified atom stereocenters. The maximum absolute atomic E-state index is 13.4. The Balaban J connectivity index is 1.52. The smallest absolute Gasteiger partial charge is 0.301 e. The number of carbonyl (C=O) groups excluding carboxylic acids is 2. The summed E-state index contributed by atoms with van der Waals surface area (Å²) in [5, 5.41) is 30.4. The number of nitrogens with zero attached hydrogens (tertiary/aromatic N) is 3. The van der Waals surface area contributed by atoms with Gasteiger partial charge in [-0.1, -0.05) is 65.0 Å². The second kappa shape index (κ2) is 11.5. The molecule has 5 rings (SSSR count). The first-order chi connectivity index (χ1) is 18.9. The van der Waals surface area contributed by atoms with E-state index in [4.69, 9.17) is 16.3 Å². The van der Waals surface area contributed by atoms with Crippen LogP contribution < -0.4 is 9.64 Å². The van der Waals surface area contributed by atoms with Gasteiger partial charge in [-0.05, 0) is 60.5 Å². The Kier molecular flexibility index (Phi) is 7.87. The minimum absolute atomic E-state index is 0.0244. The van der Waals surface area contributed by atoms with E-state index < -0.39 is 17.7 Å². The molecule has 0 spiro atoms. The number of phenols is 1. The van der Waals surface area contributed by atoms with Gasteiger partial charge in [0.15, 0.2) is 4.34 Å². The fourth-order valence-electron chi connectivity index (χ4n) is 4.15. The van der Waals surface area contributed by atoms with Gasteiger partial charge in [0.05, 0.1) is 18.2 Å². The van der Waals surface area contributed by atoms with E-state index in [-0.39, 0.29) is 22.2 Å². The van der Waals surface area contributed by atoms with Crippen LogP contribution in [0.2, 0.25) is 5.02 Å². The first kappa shape index (κ1) is 26.7. The molecule has 0 saturated carbocycles. The first-order valence-corrected chi connectivity index (χ1v) is 14.1. The van der Waals surface area contributed by atoms with Gasteiger partial charge in [0.2, 0.25) is 5.13 Å². The van der Waals surface area contributed by atoms with Crippen LogP contribution in [-0.4, -0.2) is 38.7 Å². The monoisotopic (exact) mass is 579 g/mol. The quantitative estimate of drug-likeness (QED) is 0.0832. The number of aliphatic hydroxyl groups excluding tert-OH is 1. The van der Waals surface area contributed by atoms with Crippen molar-refractivity contribution < 1.29 is 24.5 Å². The molecule has 2 heterocycles. The fraction of sp³-hybridized carbons (Fsp3) is 0.143. The largest absolute Gasteiger partial charge is 0.508 e. The second-order valence-electron chi connectivity index (χ2n) is 8.45. The SMILES string of the molecule is CCOc1ccc(/C(O)=C2/C(=O)C(=O)N(c3nnc(SCc4ccccc4Cl)s3)C2c2ccc(O)cc2)cc1. The van der Waals surface area contributed by atoms with Crippen molar-refractivity contribution in [2.75, 3.05) is 11.5 Å². The molecule has 4 aromatic rings. The third-order valence-corrected chi connectivity index (χ3v) is 8.48. The van der Waals surface area contributed by atoms with Crippen molar-refractivity contribution >= 4 is 57.3 Å². The number of hydrogen-bond donors (Lipinski definition) is 2. The molecule has 11 heteroatoms. The highest BCUT2D eigenvalue weighted by molar-refractivity contribution is 8.00. The molecular weight excluding hydrogens is 558 g/mol. The first-order valence-electron chi connectivity index (χ1n) is 11.9. The summed E-state index contributed by atoms with van der Waals surface area (Å²) in [6, 6.07) is 19.2. The molecule has 0 bridgehead atoms. The van der Waals surface area contributed by atoms with Crippen LogP contribution in [0.3, 0.4) is 0 Å². The second-order valence-corrected chi connectivity index (χ2v) is 11.0. The Labute approximate surface area is 237 Å². The van der Waals surface area contributed by atoms with E-state index in [1.165, 1.54) is 28.8 Å². The number of Topliss-reactive ketones (excluding diaryl/α,β-unsaturated/α-hetero) is 1. The number of benzene rings is 3. The summed E-state index contributed by atoms with van der Waals surface area (Å²) >= 11 is 8.83. The number of carbonyl (C=O) groups is 2. The van der Waals surface area contributed by atoms with Gasteiger partial charge in [-0.2, -0.15) is 0 Å². The molecular formula is C28H22ClN3O5S2. The molecule has 1 aliphatic heterocycles. The van der Waals surface area contributed by atoms with Crippen LogP contribution in [0.4, 0.5) is 5.13 Å². The number of thioether (sulfide) groups is 1. The topological polar surface area (TPSA) is 113 Å². The number of anilines is 1. The lowest BCUT2D eigenvalue weighted by Crippen LogP contribution is -2.29. The highest BCUT2D eigenvalue weighted by Gasteiger charge is 2.48. The predicted molar refractivity (Wildman–Crippen MR) is 151 cm³/mol. The molecule has 1 fully saturated rings.